The topological polar surface area (TPSA) is 86.7 Å². The molecule has 0 fully saturated rings. The van der Waals surface area contributed by atoms with E-state index in [4.69, 9.17) is 9.47 Å². The van der Waals surface area contributed by atoms with Crippen molar-refractivity contribution in [3.05, 3.63) is 35.8 Å². The maximum absolute atomic E-state index is 11.5. The van der Waals surface area contributed by atoms with Gasteiger partial charge in [-0.3, -0.25) is 9.59 Å². The maximum Gasteiger partial charge on any atom is 0.338 e. The van der Waals surface area contributed by atoms with Crippen molar-refractivity contribution < 1.29 is 28.7 Å². The fraction of sp³-hybridized carbons (Fsp3) is 0.286. The van der Waals surface area contributed by atoms with Crippen LogP contribution in [0.1, 0.15) is 27.7 Å². The molecule has 0 N–H and O–H groups in total. The summed E-state index contributed by atoms with van der Waals surface area (Å²) in [5, 5.41) is 0. The predicted octanol–water partition coefficient (Wildman–Crippen LogP) is 1.61. The van der Waals surface area contributed by atoms with Gasteiger partial charge in [-0.2, -0.15) is 0 Å². The highest BCUT2D eigenvalue weighted by Gasteiger charge is 2.25. The van der Waals surface area contributed by atoms with Crippen molar-refractivity contribution in [2.75, 3.05) is 0 Å². The van der Waals surface area contributed by atoms with Gasteiger partial charge in [0.05, 0.1) is 0 Å². The Morgan fingerprint density at radius 1 is 0.650 bits per heavy atom. The number of carbonyl (C=O) groups is 4. The van der Waals surface area contributed by atoms with Crippen molar-refractivity contribution in [3.8, 4) is 0 Å². The molecule has 0 spiro atoms. The van der Waals surface area contributed by atoms with Gasteiger partial charge in [0.25, 0.3) is 0 Å². The second-order valence-corrected chi connectivity index (χ2v) is 4.11. The van der Waals surface area contributed by atoms with Gasteiger partial charge in [0.1, 0.15) is 0 Å². The normalized spacial score (nSPS) is 11.0. The van der Waals surface area contributed by atoms with Crippen LogP contribution in [-0.2, 0) is 28.7 Å². The fourth-order valence-corrected chi connectivity index (χ4v) is 0.916. The highest BCUT2D eigenvalue weighted by Crippen LogP contribution is 2.14. The summed E-state index contributed by atoms with van der Waals surface area (Å²) < 4.78 is 9.48. The first-order valence-electron chi connectivity index (χ1n) is 5.59. The molecule has 0 heterocycles. The molecule has 6 nitrogen and oxygen atoms in total. The molecular weight excluding hydrogens is 264 g/mol. The van der Waals surface area contributed by atoms with Crippen LogP contribution in [0.25, 0.3) is 0 Å². The van der Waals surface area contributed by atoms with E-state index in [2.05, 4.69) is 13.2 Å². The highest BCUT2D eigenvalue weighted by molar-refractivity contribution is 6.06. The number of hydrogen-bond acceptors (Lipinski definition) is 6. The Hall–Kier alpha value is -2.50. The van der Waals surface area contributed by atoms with Crippen LogP contribution in [0.5, 0.6) is 0 Å². The Labute approximate surface area is 116 Å². The van der Waals surface area contributed by atoms with E-state index in [-0.39, 0.29) is 11.1 Å². The zero-order chi connectivity index (χ0) is 16.0. The molecule has 0 amide bonds. The molecule has 108 valence electrons. The molecule has 0 bridgehead atoms. The number of rotatable bonds is 6. The Morgan fingerprint density at radius 3 is 1.05 bits per heavy atom. The van der Waals surface area contributed by atoms with Crippen molar-refractivity contribution in [1.82, 2.24) is 0 Å². The molecule has 0 aromatic heterocycles. The molecule has 0 radical (unpaired) electrons. The molecule has 0 aromatic rings. The number of hydrogen-bond donors (Lipinski definition) is 0. The van der Waals surface area contributed by atoms with E-state index < -0.39 is 35.0 Å². The summed E-state index contributed by atoms with van der Waals surface area (Å²) in [6.45, 7) is 11.6. The minimum absolute atomic E-state index is 0.0258. The van der Waals surface area contributed by atoms with Gasteiger partial charge in [-0.1, -0.05) is 13.2 Å². The van der Waals surface area contributed by atoms with Crippen LogP contribution in [0.15, 0.2) is 35.8 Å². The molecule has 0 unspecified atom stereocenters. The smallest absolute Gasteiger partial charge is 0.338 e. The van der Waals surface area contributed by atoms with Crippen LogP contribution in [0.4, 0.5) is 0 Å². The second-order valence-electron chi connectivity index (χ2n) is 4.11. The van der Waals surface area contributed by atoms with E-state index in [9.17, 15) is 19.2 Å². The lowest BCUT2D eigenvalue weighted by Gasteiger charge is -2.11. The Bertz CT molecular complexity index is 488. The zero-order valence-corrected chi connectivity index (χ0v) is 11.9. The molecule has 0 rings (SSSR count). The molecule has 0 saturated carbocycles. The van der Waals surface area contributed by atoms with Crippen LogP contribution in [0.3, 0.4) is 0 Å². The summed E-state index contributed by atoms with van der Waals surface area (Å²) in [6.07, 6.45) is 0. The third-order valence-electron chi connectivity index (χ3n) is 1.93. The van der Waals surface area contributed by atoms with Crippen molar-refractivity contribution in [1.29, 1.82) is 0 Å². The van der Waals surface area contributed by atoms with E-state index >= 15 is 0 Å². The van der Waals surface area contributed by atoms with Crippen LogP contribution in [0.2, 0.25) is 0 Å². The molecule has 0 aliphatic carbocycles. The van der Waals surface area contributed by atoms with Gasteiger partial charge < -0.3 is 9.47 Å². The minimum atomic E-state index is -0.902. The van der Waals surface area contributed by atoms with Gasteiger partial charge in [0, 0.05) is 25.0 Å². The number of carbonyl (C=O) groups excluding carboxylic acids is 4. The van der Waals surface area contributed by atoms with Gasteiger partial charge >= 0.3 is 11.9 Å². The lowest BCUT2D eigenvalue weighted by atomic mass is 10.2. The van der Waals surface area contributed by atoms with Crippen LogP contribution in [0, 0.1) is 0 Å². The molecule has 0 atom stereocenters. The van der Waals surface area contributed by atoms with Crippen LogP contribution < -0.4 is 0 Å². The average molecular weight is 280 g/mol. The zero-order valence-electron chi connectivity index (χ0n) is 11.9. The lowest BCUT2D eigenvalue weighted by Crippen LogP contribution is -2.19. The van der Waals surface area contributed by atoms with Gasteiger partial charge in [0.2, 0.25) is 11.5 Å². The molecule has 0 aliphatic rings. The van der Waals surface area contributed by atoms with Gasteiger partial charge in [0.15, 0.2) is 11.6 Å². The SMILES string of the molecule is C=C(C)C(=O)O/C(C(C)=O)=C(\OC(=O)C(=C)C)C(C)=O. The number of esters is 2. The summed E-state index contributed by atoms with van der Waals surface area (Å²) in [6, 6.07) is 0. The van der Waals surface area contributed by atoms with E-state index in [1.54, 1.807) is 0 Å². The predicted molar refractivity (Wildman–Crippen MR) is 70.2 cm³/mol. The number of Topliss-reactive ketones (excluding diaryl/α,β-unsaturated/α-hetero) is 2. The van der Waals surface area contributed by atoms with Crippen molar-refractivity contribution in [2.45, 2.75) is 27.7 Å². The number of ether oxygens (including phenoxy) is 2. The highest BCUT2D eigenvalue weighted by atomic mass is 16.6. The molecule has 0 saturated heterocycles. The lowest BCUT2D eigenvalue weighted by molar-refractivity contribution is -0.143. The Morgan fingerprint density at radius 2 is 0.900 bits per heavy atom. The standard InChI is InChI=1S/C14H16O6/c1-7(2)13(17)19-11(9(5)15)12(10(6)16)20-14(18)8(3)4/h1,3H2,2,4-6H3/b12-11-. The molecule has 0 aromatic carbocycles. The summed E-state index contributed by atoms with van der Waals surface area (Å²) in [7, 11) is 0. The number of allylic oxidation sites excluding steroid dienone is 2. The van der Waals surface area contributed by atoms with E-state index in [1.807, 2.05) is 0 Å². The molecule has 0 aliphatic heterocycles. The van der Waals surface area contributed by atoms with Gasteiger partial charge in [-0.05, 0) is 13.8 Å². The molecular formula is C14H16O6. The van der Waals surface area contributed by atoms with Crippen LogP contribution in [-0.4, -0.2) is 23.5 Å². The molecule has 6 heteroatoms. The van der Waals surface area contributed by atoms with Gasteiger partial charge in [-0.15, -0.1) is 0 Å². The quantitative estimate of drug-likeness (QED) is 0.417. The van der Waals surface area contributed by atoms with E-state index in [0.29, 0.717) is 0 Å². The van der Waals surface area contributed by atoms with Gasteiger partial charge in [-0.25, -0.2) is 9.59 Å². The Balaban J connectivity index is 5.69. The average Bonchev–Trinajstić information content (AvgIpc) is 2.31. The first-order valence-corrected chi connectivity index (χ1v) is 5.59. The van der Waals surface area contributed by atoms with Crippen molar-refractivity contribution in [3.63, 3.8) is 0 Å². The fourth-order valence-electron chi connectivity index (χ4n) is 0.916. The first-order chi connectivity index (χ1) is 9.07. The van der Waals surface area contributed by atoms with E-state index in [1.165, 1.54) is 13.8 Å². The Kier molecular flexibility index (Phi) is 6.28. The summed E-state index contributed by atoms with van der Waals surface area (Å²) in [4.78, 5) is 45.8. The van der Waals surface area contributed by atoms with Crippen molar-refractivity contribution in [2.24, 2.45) is 0 Å². The summed E-state index contributed by atoms with van der Waals surface area (Å²) in [5.41, 5.74) is 0.0516. The third kappa shape index (κ3) is 5.01. The molecule has 20 heavy (non-hydrogen) atoms. The monoisotopic (exact) mass is 280 g/mol. The second kappa shape index (κ2) is 7.18. The maximum atomic E-state index is 11.5. The largest absolute Gasteiger partial charge is 0.415 e. The third-order valence-corrected chi connectivity index (χ3v) is 1.93. The summed E-state index contributed by atoms with van der Waals surface area (Å²) in [5.74, 6) is -4.56. The minimum Gasteiger partial charge on any atom is -0.415 e. The van der Waals surface area contributed by atoms with Crippen LogP contribution >= 0.6 is 0 Å². The number of ketones is 2. The van der Waals surface area contributed by atoms with Crippen molar-refractivity contribution >= 4 is 23.5 Å². The first kappa shape index (κ1) is 17.5. The van der Waals surface area contributed by atoms with E-state index in [0.717, 1.165) is 13.8 Å². The summed E-state index contributed by atoms with van der Waals surface area (Å²) >= 11 is 0.